The quantitative estimate of drug-likeness (QED) is 0.342. The molecular formula is C5H6N2O5P+. The number of rotatable bonds is 4. The van der Waals surface area contributed by atoms with Gasteiger partial charge in [-0.25, -0.2) is 0 Å². The molecule has 1 rings (SSSR count). The van der Waals surface area contributed by atoms with Crippen LogP contribution in [0.4, 0.5) is 0 Å². The molecule has 0 aromatic carbocycles. The SMILES string of the molecule is N[P+](=O)OC(c1ccco1)[N+](=O)[O-]. The lowest BCUT2D eigenvalue weighted by Crippen LogP contribution is -2.11. The Morgan fingerprint density at radius 2 is 2.46 bits per heavy atom. The van der Waals surface area contributed by atoms with E-state index in [4.69, 9.17) is 9.92 Å². The first-order valence-electron chi connectivity index (χ1n) is 3.17. The van der Waals surface area contributed by atoms with Crippen LogP contribution in [0.5, 0.6) is 0 Å². The molecular weight excluding hydrogens is 199 g/mol. The molecule has 7 nitrogen and oxygen atoms in total. The summed E-state index contributed by atoms with van der Waals surface area (Å²) in [5, 5.41) is 10.4. The summed E-state index contributed by atoms with van der Waals surface area (Å²) in [5.74, 6) is -0.0428. The molecule has 1 aromatic rings. The fourth-order valence-corrected chi connectivity index (χ4v) is 1.10. The van der Waals surface area contributed by atoms with E-state index >= 15 is 0 Å². The molecule has 0 fully saturated rings. The Bertz CT molecular complexity index is 311. The van der Waals surface area contributed by atoms with Crippen LogP contribution in [0.3, 0.4) is 0 Å². The zero-order chi connectivity index (χ0) is 9.84. The predicted octanol–water partition coefficient (Wildman–Crippen LogP) is 1.19. The van der Waals surface area contributed by atoms with Crippen molar-refractivity contribution in [3.63, 3.8) is 0 Å². The highest BCUT2D eigenvalue weighted by atomic mass is 31.1. The zero-order valence-electron chi connectivity index (χ0n) is 6.32. The lowest BCUT2D eigenvalue weighted by atomic mass is 10.4. The van der Waals surface area contributed by atoms with Gasteiger partial charge in [-0.2, -0.15) is 0 Å². The summed E-state index contributed by atoms with van der Waals surface area (Å²) in [6.45, 7) is 0. The second kappa shape index (κ2) is 4.08. The van der Waals surface area contributed by atoms with Crippen molar-refractivity contribution in [1.29, 1.82) is 0 Å². The highest BCUT2D eigenvalue weighted by molar-refractivity contribution is 7.36. The Kier molecular flexibility index (Phi) is 3.07. The molecule has 0 spiro atoms. The third-order valence-electron chi connectivity index (χ3n) is 1.18. The summed E-state index contributed by atoms with van der Waals surface area (Å²) in [6, 6.07) is 2.80. The van der Waals surface area contributed by atoms with E-state index in [0.29, 0.717) is 0 Å². The molecule has 0 aliphatic rings. The average Bonchev–Trinajstić information content (AvgIpc) is 2.50. The smallest absolute Gasteiger partial charge is 0.459 e. The maximum atomic E-state index is 10.4. The van der Waals surface area contributed by atoms with E-state index in [1.807, 2.05) is 0 Å². The van der Waals surface area contributed by atoms with Crippen molar-refractivity contribution in [3.05, 3.63) is 34.3 Å². The first kappa shape index (κ1) is 9.79. The largest absolute Gasteiger partial charge is 0.617 e. The summed E-state index contributed by atoms with van der Waals surface area (Å²) in [6.07, 6.45) is -0.359. The molecule has 0 aliphatic heterocycles. The van der Waals surface area contributed by atoms with Gasteiger partial charge in [-0.1, -0.05) is 5.50 Å². The van der Waals surface area contributed by atoms with Gasteiger partial charge in [0.05, 0.1) is 11.2 Å². The summed E-state index contributed by atoms with van der Waals surface area (Å²) in [5.41, 5.74) is 4.78. The molecule has 0 saturated heterocycles. The highest BCUT2D eigenvalue weighted by Gasteiger charge is 2.35. The van der Waals surface area contributed by atoms with E-state index < -0.39 is 19.3 Å². The van der Waals surface area contributed by atoms with E-state index in [0.717, 1.165) is 0 Å². The van der Waals surface area contributed by atoms with E-state index in [-0.39, 0.29) is 5.76 Å². The molecule has 1 aromatic heterocycles. The monoisotopic (exact) mass is 205 g/mol. The minimum absolute atomic E-state index is 0.0428. The van der Waals surface area contributed by atoms with Gasteiger partial charge in [0.2, 0.25) is 5.76 Å². The van der Waals surface area contributed by atoms with Crippen molar-refractivity contribution in [2.45, 2.75) is 6.23 Å². The van der Waals surface area contributed by atoms with Crippen LogP contribution in [-0.4, -0.2) is 4.92 Å². The number of nitro groups is 1. The van der Waals surface area contributed by atoms with Gasteiger partial charge < -0.3 is 4.42 Å². The van der Waals surface area contributed by atoms with E-state index in [9.17, 15) is 14.7 Å². The Hall–Kier alpha value is -1.30. The van der Waals surface area contributed by atoms with E-state index in [1.165, 1.54) is 18.4 Å². The van der Waals surface area contributed by atoms with Gasteiger partial charge in [-0.3, -0.25) is 10.1 Å². The third-order valence-corrected chi connectivity index (χ3v) is 1.59. The molecule has 0 amide bonds. The topological polar surface area (TPSA) is 109 Å². The van der Waals surface area contributed by atoms with Crippen molar-refractivity contribution in [2.24, 2.45) is 5.50 Å². The van der Waals surface area contributed by atoms with Crippen LogP contribution in [0.1, 0.15) is 12.0 Å². The van der Waals surface area contributed by atoms with Crippen molar-refractivity contribution in [1.82, 2.24) is 0 Å². The number of furan rings is 1. The minimum Gasteiger partial charge on any atom is -0.459 e. The molecule has 1 heterocycles. The highest BCUT2D eigenvalue weighted by Crippen LogP contribution is 2.27. The van der Waals surface area contributed by atoms with Gasteiger partial charge in [-0.15, -0.1) is 0 Å². The van der Waals surface area contributed by atoms with Crippen molar-refractivity contribution in [2.75, 3.05) is 0 Å². The Morgan fingerprint density at radius 3 is 2.85 bits per heavy atom. The maximum absolute atomic E-state index is 10.4. The lowest BCUT2D eigenvalue weighted by molar-refractivity contribution is -0.573. The zero-order valence-corrected chi connectivity index (χ0v) is 7.22. The first-order valence-corrected chi connectivity index (χ1v) is 4.41. The predicted molar refractivity (Wildman–Crippen MR) is 41.3 cm³/mol. The number of hydrogen-bond acceptors (Lipinski definition) is 5. The molecule has 0 radical (unpaired) electrons. The van der Waals surface area contributed by atoms with Crippen LogP contribution in [0.15, 0.2) is 22.8 Å². The van der Waals surface area contributed by atoms with Gasteiger partial charge in [0.1, 0.15) is 0 Å². The third kappa shape index (κ3) is 2.59. The van der Waals surface area contributed by atoms with Crippen LogP contribution >= 0.6 is 8.18 Å². The normalized spacial score (nSPS) is 13.8. The fraction of sp³-hybridized carbons (Fsp3) is 0.200. The Labute approximate surface area is 73.5 Å². The second-order valence-electron chi connectivity index (χ2n) is 2.04. The van der Waals surface area contributed by atoms with Gasteiger partial charge >= 0.3 is 14.4 Å². The average molecular weight is 205 g/mol. The second-order valence-corrected chi connectivity index (χ2v) is 2.83. The fourth-order valence-electron chi connectivity index (χ4n) is 0.725. The van der Waals surface area contributed by atoms with Crippen LogP contribution in [-0.2, 0) is 9.09 Å². The standard InChI is InChI=1S/C5H6N2O5P/c6-13(10)12-5(7(8)9)4-2-1-3-11-4/h1-3,5H,(H2,6,10)/q+1. The minimum atomic E-state index is -2.53. The lowest BCUT2D eigenvalue weighted by Gasteiger charge is -1.97. The van der Waals surface area contributed by atoms with Crippen LogP contribution in [0, 0.1) is 10.1 Å². The van der Waals surface area contributed by atoms with Crippen molar-refractivity contribution >= 4 is 8.18 Å². The molecule has 2 unspecified atom stereocenters. The van der Waals surface area contributed by atoms with Crippen LogP contribution in [0.2, 0.25) is 0 Å². The number of hydrogen-bond donors (Lipinski definition) is 1. The first-order chi connectivity index (χ1) is 6.11. The summed E-state index contributed by atoms with van der Waals surface area (Å²) >= 11 is 0. The molecule has 0 saturated carbocycles. The molecule has 70 valence electrons. The number of nitrogens with two attached hydrogens (primary N) is 1. The summed E-state index contributed by atoms with van der Waals surface area (Å²) < 4.78 is 19.5. The van der Waals surface area contributed by atoms with E-state index in [1.54, 1.807) is 0 Å². The molecule has 0 aliphatic carbocycles. The van der Waals surface area contributed by atoms with E-state index in [2.05, 4.69) is 4.52 Å². The summed E-state index contributed by atoms with van der Waals surface area (Å²) in [4.78, 5) is 9.59. The van der Waals surface area contributed by atoms with Crippen molar-refractivity contribution in [3.8, 4) is 0 Å². The van der Waals surface area contributed by atoms with Crippen LogP contribution in [0.25, 0.3) is 0 Å². The molecule has 2 N–H and O–H groups in total. The van der Waals surface area contributed by atoms with Gasteiger partial charge in [0, 0.05) is 0 Å². The summed E-state index contributed by atoms with van der Waals surface area (Å²) in [7, 11) is -2.53. The van der Waals surface area contributed by atoms with Gasteiger partial charge in [0.25, 0.3) is 0 Å². The van der Waals surface area contributed by atoms with Gasteiger partial charge in [0.15, 0.2) is 0 Å². The molecule has 13 heavy (non-hydrogen) atoms. The van der Waals surface area contributed by atoms with Gasteiger partial charge in [-0.05, 0) is 21.2 Å². The molecule has 0 bridgehead atoms. The number of nitrogens with zero attached hydrogens (tertiary/aromatic N) is 1. The molecule has 2 atom stereocenters. The van der Waals surface area contributed by atoms with Crippen LogP contribution < -0.4 is 5.50 Å². The maximum Gasteiger partial charge on any atom is 0.617 e. The Morgan fingerprint density at radius 1 is 1.77 bits per heavy atom. The molecule has 8 heteroatoms. The van der Waals surface area contributed by atoms with Crippen molar-refractivity contribution < 1.29 is 18.4 Å². The Balaban J connectivity index is 2.81.